The van der Waals surface area contributed by atoms with Gasteiger partial charge in [-0.05, 0) is 37.0 Å². The molecule has 0 amide bonds. The zero-order valence-electron chi connectivity index (χ0n) is 10.6. The molecule has 1 aliphatic rings. The van der Waals surface area contributed by atoms with E-state index in [1.165, 1.54) is 5.56 Å². The first-order chi connectivity index (χ1) is 8.22. The van der Waals surface area contributed by atoms with Gasteiger partial charge in [-0.25, -0.2) is 0 Å². The van der Waals surface area contributed by atoms with Gasteiger partial charge in [0.2, 0.25) is 0 Å². The summed E-state index contributed by atoms with van der Waals surface area (Å²) in [7, 11) is 1.69. The third-order valence-electron chi connectivity index (χ3n) is 3.51. The fraction of sp³-hybridized carbons (Fsp3) is 0.571. The average Bonchev–Trinajstić information content (AvgIpc) is 2.39. The van der Waals surface area contributed by atoms with Crippen LogP contribution >= 0.6 is 0 Å². The van der Waals surface area contributed by atoms with Crippen LogP contribution in [0.2, 0.25) is 0 Å². The van der Waals surface area contributed by atoms with Crippen LogP contribution in [0, 0.1) is 12.8 Å². The summed E-state index contributed by atoms with van der Waals surface area (Å²) in [6.07, 6.45) is 2.28. The normalized spacial score (nSPS) is 22.2. The first-order valence-corrected chi connectivity index (χ1v) is 6.20. The van der Waals surface area contributed by atoms with Crippen LogP contribution in [0.15, 0.2) is 18.2 Å². The molecule has 3 nitrogen and oxygen atoms in total. The van der Waals surface area contributed by atoms with Crippen molar-refractivity contribution in [3.63, 3.8) is 0 Å². The van der Waals surface area contributed by atoms with Crippen LogP contribution in [-0.4, -0.2) is 20.3 Å². The highest BCUT2D eigenvalue weighted by atomic mass is 16.5. The van der Waals surface area contributed by atoms with Crippen LogP contribution in [0.3, 0.4) is 0 Å². The van der Waals surface area contributed by atoms with E-state index in [1.54, 1.807) is 7.11 Å². The molecule has 0 radical (unpaired) electrons. The molecule has 0 aromatic heterocycles. The molecule has 0 aliphatic carbocycles. The zero-order chi connectivity index (χ0) is 12.3. The molecule has 2 N–H and O–H groups in total. The van der Waals surface area contributed by atoms with Crippen molar-refractivity contribution in [2.75, 3.05) is 20.3 Å². The van der Waals surface area contributed by atoms with Crippen LogP contribution in [0.25, 0.3) is 0 Å². The van der Waals surface area contributed by atoms with Gasteiger partial charge in [-0.3, -0.25) is 0 Å². The lowest BCUT2D eigenvalue weighted by molar-refractivity contribution is 0.0447. The van der Waals surface area contributed by atoms with Crippen molar-refractivity contribution in [1.82, 2.24) is 0 Å². The van der Waals surface area contributed by atoms with Crippen molar-refractivity contribution < 1.29 is 9.47 Å². The highest BCUT2D eigenvalue weighted by molar-refractivity contribution is 5.37. The molecule has 94 valence electrons. The largest absolute Gasteiger partial charge is 0.496 e. The van der Waals surface area contributed by atoms with E-state index < -0.39 is 0 Å². The molecule has 2 unspecified atom stereocenters. The van der Waals surface area contributed by atoms with Crippen molar-refractivity contribution in [2.45, 2.75) is 25.8 Å². The summed E-state index contributed by atoms with van der Waals surface area (Å²) in [6.45, 7) is 3.71. The Labute approximate surface area is 103 Å². The lowest BCUT2D eigenvalue weighted by atomic mass is 9.89. The van der Waals surface area contributed by atoms with Gasteiger partial charge in [0, 0.05) is 18.6 Å². The Balaban J connectivity index is 2.12. The van der Waals surface area contributed by atoms with Crippen LogP contribution < -0.4 is 10.5 Å². The predicted molar refractivity (Wildman–Crippen MR) is 68.2 cm³/mol. The van der Waals surface area contributed by atoms with Gasteiger partial charge in [-0.1, -0.05) is 12.1 Å². The summed E-state index contributed by atoms with van der Waals surface area (Å²) in [5.41, 5.74) is 8.63. The highest BCUT2D eigenvalue weighted by Gasteiger charge is 2.22. The molecule has 1 aromatic rings. The Morgan fingerprint density at radius 3 is 2.88 bits per heavy atom. The molecule has 3 heteroatoms. The molecular weight excluding hydrogens is 214 g/mol. The van der Waals surface area contributed by atoms with E-state index in [0.717, 1.165) is 37.4 Å². The van der Waals surface area contributed by atoms with Crippen molar-refractivity contribution >= 4 is 0 Å². The second kappa shape index (κ2) is 5.52. The van der Waals surface area contributed by atoms with Crippen LogP contribution in [0.5, 0.6) is 5.75 Å². The number of nitrogens with two attached hydrogens (primary N) is 1. The number of hydrogen-bond donors (Lipinski definition) is 1. The standard InChI is InChI=1S/C14H21NO2/c1-10-8-11(5-6-13(10)16-2)14(15)12-4-3-7-17-9-12/h5-6,8,12,14H,3-4,7,9,15H2,1-2H3. The second-order valence-corrected chi connectivity index (χ2v) is 4.73. The van der Waals surface area contributed by atoms with Gasteiger partial charge in [0.1, 0.15) is 5.75 Å². The maximum Gasteiger partial charge on any atom is 0.121 e. The summed E-state index contributed by atoms with van der Waals surface area (Å²) in [4.78, 5) is 0. The number of aryl methyl sites for hydroxylation is 1. The van der Waals surface area contributed by atoms with Gasteiger partial charge in [0.25, 0.3) is 0 Å². The van der Waals surface area contributed by atoms with E-state index in [2.05, 4.69) is 12.1 Å². The van der Waals surface area contributed by atoms with E-state index in [1.807, 2.05) is 13.0 Å². The Morgan fingerprint density at radius 2 is 2.29 bits per heavy atom. The zero-order valence-corrected chi connectivity index (χ0v) is 10.6. The minimum Gasteiger partial charge on any atom is -0.496 e. The third-order valence-corrected chi connectivity index (χ3v) is 3.51. The van der Waals surface area contributed by atoms with Crippen LogP contribution in [0.1, 0.15) is 30.0 Å². The van der Waals surface area contributed by atoms with Gasteiger partial charge in [-0.15, -0.1) is 0 Å². The van der Waals surface area contributed by atoms with Crippen LogP contribution in [0.4, 0.5) is 0 Å². The lowest BCUT2D eigenvalue weighted by Gasteiger charge is -2.28. The summed E-state index contributed by atoms with van der Waals surface area (Å²) in [5, 5.41) is 0. The average molecular weight is 235 g/mol. The van der Waals surface area contributed by atoms with E-state index in [-0.39, 0.29) is 6.04 Å². The number of methoxy groups -OCH3 is 1. The maximum absolute atomic E-state index is 6.31. The lowest BCUT2D eigenvalue weighted by Crippen LogP contribution is -2.29. The van der Waals surface area contributed by atoms with E-state index in [0.29, 0.717) is 5.92 Å². The smallest absolute Gasteiger partial charge is 0.121 e. The number of hydrogen-bond acceptors (Lipinski definition) is 3. The third kappa shape index (κ3) is 2.79. The van der Waals surface area contributed by atoms with Gasteiger partial charge in [-0.2, -0.15) is 0 Å². The molecule has 0 spiro atoms. The van der Waals surface area contributed by atoms with Gasteiger partial charge in [0.05, 0.1) is 13.7 Å². The first-order valence-electron chi connectivity index (χ1n) is 6.20. The summed E-state index contributed by atoms with van der Waals surface area (Å²) in [6, 6.07) is 6.25. The molecule has 1 aliphatic heterocycles. The van der Waals surface area contributed by atoms with Crippen molar-refractivity contribution in [3.8, 4) is 5.75 Å². The molecule has 17 heavy (non-hydrogen) atoms. The van der Waals surface area contributed by atoms with Crippen molar-refractivity contribution in [2.24, 2.45) is 11.7 Å². The molecular formula is C14H21NO2. The molecule has 0 bridgehead atoms. The summed E-state index contributed by atoms with van der Waals surface area (Å²) >= 11 is 0. The summed E-state index contributed by atoms with van der Waals surface area (Å²) < 4.78 is 10.8. The van der Waals surface area contributed by atoms with Crippen LogP contribution in [-0.2, 0) is 4.74 Å². The minimum atomic E-state index is 0.0694. The number of benzene rings is 1. The Morgan fingerprint density at radius 1 is 1.47 bits per heavy atom. The SMILES string of the molecule is COc1ccc(C(N)C2CCCOC2)cc1C. The monoisotopic (exact) mass is 235 g/mol. The van der Waals surface area contributed by atoms with E-state index >= 15 is 0 Å². The number of ether oxygens (including phenoxy) is 2. The topological polar surface area (TPSA) is 44.5 Å². The molecule has 1 heterocycles. The fourth-order valence-electron chi connectivity index (χ4n) is 2.43. The molecule has 1 fully saturated rings. The van der Waals surface area contributed by atoms with Gasteiger partial charge < -0.3 is 15.2 Å². The number of rotatable bonds is 3. The molecule has 1 saturated heterocycles. The van der Waals surface area contributed by atoms with Gasteiger partial charge in [0.15, 0.2) is 0 Å². The predicted octanol–water partition coefficient (Wildman–Crippen LogP) is 2.43. The Hall–Kier alpha value is -1.06. The quantitative estimate of drug-likeness (QED) is 0.875. The molecule has 2 atom stereocenters. The first kappa shape index (κ1) is 12.4. The van der Waals surface area contributed by atoms with Crippen molar-refractivity contribution in [3.05, 3.63) is 29.3 Å². The highest BCUT2D eigenvalue weighted by Crippen LogP contribution is 2.29. The summed E-state index contributed by atoms with van der Waals surface area (Å²) in [5.74, 6) is 1.36. The maximum atomic E-state index is 6.31. The Kier molecular flexibility index (Phi) is 4.02. The molecule has 0 saturated carbocycles. The van der Waals surface area contributed by atoms with Gasteiger partial charge >= 0.3 is 0 Å². The second-order valence-electron chi connectivity index (χ2n) is 4.73. The van der Waals surface area contributed by atoms with Crippen molar-refractivity contribution in [1.29, 1.82) is 0 Å². The minimum absolute atomic E-state index is 0.0694. The molecule has 1 aromatic carbocycles. The van der Waals surface area contributed by atoms with E-state index in [4.69, 9.17) is 15.2 Å². The molecule has 2 rings (SSSR count). The van der Waals surface area contributed by atoms with E-state index in [9.17, 15) is 0 Å². The fourth-order valence-corrected chi connectivity index (χ4v) is 2.43. The Bertz CT molecular complexity index is 372.